The molecular weight excluding hydrogens is 278 g/mol. The van der Waals surface area contributed by atoms with Gasteiger partial charge in [-0.05, 0) is 54.0 Å². The van der Waals surface area contributed by atoms with Gasteiger partial charge in [-0.3, -0.25) is 0 Å². The second-order valence-electron chi connectivity index (χ2n) is 4.88. The number of nitrogens with zero attached hydrogens (tertiary/aromatic N) is 1. The van der Waals surface area contributed by atoms with Crippen LogP contribution in [0.2, 0.25) is 5.15 Å². The zero-order chi connectivity index (χ0) is 13.1. The Morgan fingerprint density at radius 3 is 3.16 bits per heavy atom. The third-order valence-corrected chi connectivity index (χ3v) is 5.01. The molecule has 1 aromatic heterocycles. The molecule has 0 bridgehead atoms. The van der Waals surface area contributed by atoms with E-state index in [0.717, 1.165) is 23.1 Å². The SMILES string of the molecule is Clc1nccc2cc(OCC3CCCSC3)ccc12. The van der Waals surface area contributed by atoms with E-state index in [4.69, 9.17) is 16.3 Å². The Hall–Kier alpha value is -0.930. The lowest BCUT2D eigenvalue weighted by atomic mass is 10.1. The second kappa shape index (κ2) is 6.02. The highest BCUT2D eigenvalue weighted by Gasteiger charge is 2.14. The molecule has 1 fully saturated rings. The first-order valence-electron chi connectivity index (χ1n) is 6.58. The molecule has 0 saturated carbocycles. The standard InChI is InChI=1S/C15H16ClNOS/c16-15-14-4-3-13(8-12(14)5-6-17-15)18-9-11-2-1-7-19-10-11/h3-6,8,11H,1-2,7,9-10H2. The number of halogens is 1. The van der Waals surface area contributed by atoms with E-state index in [1.807, 2.05) is 36.0 Å². The van der Waals surface area contributed by atoms with Gasteiger partial charge in [0.15, 0.2) is 0 Å². The van der Waals surface area contributed by atoms with Crippen molar-refractivity contribution in [1.82, 2.24) is 4.98 Å². The minimum atomic E-state index is 0.549. The van der Waals surface area contributed by atoms with Crippen LogP contribution in [-0.4, -0.2) is 23.1 Å². The van der Waals surface area contributed by atoms with E-state index in [9.17, 15) is 0 Å². The van der Waals surface area contributed by atoms with E-state index in [0.29, 0.717) is 11.1 Å². The van der Waals surface area contributed by atoms with Crippen LogP contribution in [0.3, 0.4) is 0 Å². The van der Waals surface area contributed by atoms with Gasteiger partial charge < -0.3 is 4.74 Å². The van der Waals surface area contributed by atoms with Crippen LogP contribution in [0.1, 0.15) is 12.8 Å². The molecule has 1 unspecified atom stereocenters. The number of fused-ring (bicyclic) bond motifs is 1. The van der Waals surface area contributed by atoms with Crippen molar-refractivity contribution in [2.24, 2.45) is 5.92 Å². The summed E-state index contributed by atoms with van der Waals surface area (Å²) in [6.07, 6.45) is 4.33. The van der Waals surface area contributed by atoms with Gasteiger partial charge >= 0.3 is 0 Å². The Morgan fingerprint density at radius 1 is 1.37 bits per heavy atom. The van der Waals surface area contributed by atoms with Gasteiger partial charge in [-0.2, -0.15) is 11.8 Å². The fraction of sp³-hybridized carbons (Fsp3) is 0.400. The number of aromatic nitrogens is 1. The van der Waals surface area contributed by atoms with Gasteiger partial charge in [0.2, 0.25) is 0 Å². The summed E-state index contributed by atoms with van der Waals surface area (Å²) in [6.45, 7) is 0.817. The molecule has 0 aliphatic carbocycles. The molecule has 3 rings (SSSR count). The van der Waals surface area contributed by atoms with Crippen molar-refractivity contribution in [3.63, 3.8) is 0 Å². The first-order chi connectivity index (χ1) is 9.33. The molecule has 0 radical (unpaired) electrons. The lowest BCUT2D eigenvalue weighted by Crippen LogP contribution is -2.18. The first-order valence-corrected chi connectivity index (χ1v) is 8.11. The molecule has 1 atom stereocenters. The fourth-order valence-electron chi connectivity index (χ4n) is 2.36. The highest BCUT2D eigenvalue weighted by molar-refractivity contribution is 7.99. The van der Waals surface area contributed by atoms with E-state index in [1.165, 1.54) is 24.3 Å². The zero-order valence-electron chi connectivity index (χ0n) is 10.6. The Bertz CT molecular complexity index is 569. The molecule has 1 saturated heterocycles. The summed E-state index contributed by atoms with van der Waals surface area (Å²) < 4.78 is 5.92. The van der Waals surface area contributed by atoms with Crippen molar-refractivity contribution < 1.29 is 4.74 Å². The van der Waals surface area contributed by atoms with Crippen LogP contribution in [0.4, 0.5) is 0 Å². The van der Waals surface area contributed by atoms with E-state index < -0.39 is 0 Å². The first kappa shape index (κ1) is 13.1. The summed E-state index contributed by atoms with van der Waals surface area (Å²) in [7, 11) is 0. The number of thioether (sulfide) groups is 1. The minimum Gasteiger partial charge on any atom is -0.493 e. The minimum absolute atomic E-state index is 0.549. The fourth-order valence-corrected chi connectivity index (χ4v) is 3.72. The third kappa shape index (κ3) is 3.15. The molecule has 100 valence electrons. The monoisotopic (exact) mass is 293 g/mol. The van der Waals surface area contributed by atoms with E-state index in [2.05, 4.69) is 4.98 Å². The second-order valence-corrected chi connectivity index (χ2v) is 6.39. The van der Waals surface area contributed by atoms with Gasteiger partial charge in [0.05, 0.1) is 6.61 Å². The van der Waals surface area contributed by atoms with Crippen molar-refractivity contribution >= 4 is 34.1 Å². The molecule has 0 amide bonds. The number of pyridine rings is 1. The Morgan fingerprint density at radius 2 is 2.32 bits per heavy atom. The Kier molecular flexibility index (Phi) is 4.14. The number of hydrogen-bond acceptors (Lipinski definition) is 3. The molecule has 0 spiro atoms. The van der Waals surface area contributed by atoms with Crippen LogP contribution in [-0.2, 0) is 0 Å². The topological polar surface area (TPSA) is 22.1 Å². The van der Waals surface area contributed by atoms with Gasteiger partial charge in [0.1, 0.15) is 10.9 Å². The highest BCUT2D eigenvalue weighted by Crippen LogP contribution is 2.27. The summed E-state index contributed by atoms with van der Waals surface area (Å²) in [4.78, 5) is 4.08. The molecule has 1 aromatic carbocycles. The van der Waals surface area contributed by atoms with Crippen LogP contribution in [0.25, 0.3) is 10.8 Å². The smallest absolute Gasteiger partial charge is 0.136 e. The molecule has 2 heterocycles. The lowest BCUT2D eigenvalue weighted by Gasteiger charge is -2.21. The largest absolute Gasteiger partial charge is 0.493 e. The zero-order valence-corrected chi connectivity index (χ0v) is 12.2. The van der Waals surface area contributed by atoms with Crippen LogP contribution >= 0.6 is 23.4 Å². The summed E-state index contributed by atoms with van der Waals surface area (Å²) in [5.74, 6) is 4.14. The van der Waals surface area contributed by atoms with Crippen LogP contribution in [0, 0.1) is 5.92 Å². The number of rotatable bonds is 3. The molecule has 0 N–H and O–H groups in total. The number of ether oxygens (including phenoxy) is 1. The summed E-state index contributed by atoms with van der Waals surface area (Å²) >= 11 is 8.09. The van der Waals surface area contributed by atoms with Crippen LogP contribution in [0.5, 0.6) is 5.75 Å². The predicted octanol–water partition coefficient (Wildman–Crippen LogP) is 4.41. The average Bonchev–Trinajstić information content (AvgIpc) is 2.46. The maximum Gasteiger partial charge on any atom is 0.136 e. The van der Waals surface area contributed by atoms with Gasteiger partial charge in [0.25, 0.3) is 0 Å². The lowest BCUT2D eigenvalue weighted by molar-refractivity contribution is 0.252. The van der Waals surface area contributed by atoms with E-state index >= 15 is 0 Å². The van der Waals surface area contributed by atoms with Crippen molar-refractivity contribution in [2.45, 2.75) is 12.8 Å². The molecular formula is C15H16ClNOS. The average molecular weight is 294 g/mol. The molecule has 19 heavy (non-hydrogen) atoms. The number of benzene rings is 1. The van der Waals surface area contributed by atoms with Crippen LogP contribution in [0.15, 0.2) is 30.5 Å². The summed E-state index contributed by atoms with van der Waals surface area (Å²) in [6, 6.07) is 7.96. The van der Waals surface area contributed by atoms with Crippen molar-refractivity contribution in [3.8, 4) is 5.75 Å². The molecule has 1 aliphatic heterocycles. The van der Waals surface area contributed by atoms with E-state index in [1.54, 1.807) is 6.20 Å². The van der Waals surface area contributed by atoms with E-state index in [-0.39, 0.29) is 0 Å². The van der Waals surface area contributed by atoms with Crippen molar-refractivity contribution in [3.05, 3.63) is 35.6 Å². The predicted molar refractivity (Wildman–Crippen MR) is 82.3 cm³/mol. The maximum absolute atomic E-state index is 6.05. The molecule has 2 nitrogen and oxygen atoms in total. The van der Waals surface area contributed by atoms with Crippen molar-refractivity contribution in [2.75, 3.05) is 18.1 Å². The van der Waals surface area contributed by atoms with Crippen LogP contribution < -0.4 is 4.74 Å². The Balaban J connectivity index is 1.71. The normalized spacial score (nSPS) is 19.5. The molecule has 1 aliphatic rings. The third-order valence-electron chi connectivity index (χ3n) is 3.43. The number of hydrogen-bond donors (Lipinski definition) is 0. The quantitative estimate of drug-likeness (QED) is 0.783. The van der Waals surface area contributed by atoms with Gasteiger partial charge in [-0.15, -0.1) is 0 Å². The van der Waals surface area contributed by atoms with Gasteiger partial charge in [-0.25, -0.2) is 4.98 Å². The van der Waals surface area contributed by atoms with Gasteiger partial charge in [-0.1, -0.05) is 11.6 Å². The molecule has 2 aromatic rings. The maximum atomic E-state index is 6.05. The molecule has 4 heteroatoms. The highest BCUT2D eigenvalue weighted by atomic mass is 35.5. The van der Waals surface area contributed by atoms with Gasteiger partial charge in [0, 0.05) is 17.5 Å². The van der Waals surface area contributed by atoms with Crippen molar-refractivity contribution in [1.29, 1.82) is 0 Å². The summed E-state index contributed by atoms with van der Waals surface area (Å²) in [5.41, 5.74) is 0. The summed E-state index contributed by atoms with van der Waals surface area (Å²) in [5, 5.41) is 2.60. The Labute approximate surface area is 122 Å².